The number of nitrogens with zero attached hydrogens (tertiary/aromatic N) is 3. The molecule has 2 heterocycles. The maximum atomic E-state index is 5.97. The van der Waals surface area contributed by atoms with Crippen molar-refractivity contribution in [3.05, 3.63) is 17.0 Å². The Hall–Kier alpha value is -0.830. The lowest BCUT2D eigenvalue weighted by molar-refractivity contribution is 0.606. The van der Waals surface area contributed by atoms with Crippen molar-refractivity contribution in [3.8, 4) is 0 Å². The zero-order valence-corrected chi connectivity index (χ0v) is 8.67. The van der Waals surface area contributed by atoms with E-state index in [0.717, 1.165) is 24.7 Å². The van der Waals surface area contributed by atoms with E-state index in [9.17, 15) is 0 Å². The second kappa shape index (κ2) is 3.09. The molecule has 4 heteroatoms. The molecule has 74 valence electrons. The third-order valence-corrected chi connectivity index (χ3v) is 3.01. The van der Waals surface area contributed by atoms with Crippen LogP contribution in [-0.4, -0.2) is 23.1 Å². The molecule has 1 aliphatic heterocycles. The first-order valence-electron chi connectivity index (χ1n) is 5.12. The summed E-state index contributed by atoms with van der Waals surface area (Å²) in [5.74, 6) is 2.53. The minimum atomic E-state index is 0.578. The van der Waals surface area contributed by atoms with E-state index in [1.807, 2.05) is 6.07 Å². The molecule has 3 nitrogen and oxygen atoms in total. The van der Waals surface area contributed by atoms with Crippen LogP contribution in [-0.2, 0) is 0 Å². The molecule has 1 aromatic rings. The average molecular weight is 210 g/mol. The van der Waals surface area contributed by atoms with E-state index in [-0.39, 0.29) is 0 Å². The smallest absolute Gasteiger partial charge is 0.135 e. The number of halogens is 1. The third-order valence-electron chi connectivity index (χ3n) is 2.82. The predicted molar refractivity (Wildman–Crippen MR) is 55.8 cm³/mol. The lowest BCUT2D eigenvalue weighted by Gasteiger charge is -2.32. The Bertz CT molecular complexity index is 358. The molecule has 0 spiro atoms. The van der Waals surface area contributed by atoms with Crippen LogP contribution in [0.5, 0.6) is 0 Å². The SMILES string of the molecule is Clc1cc(N2CCC2)nc(C2CC2)n1. The van der Waals surface area contributed by atoms with Gasteiger partial charge in [0.25, 0.3) is 0 Å². The molecule has 2 aliphatic rings. The van der Waals surface area contributed by atoms with E-state index in [0.29, 0.717) is 11.1 Å². The molecule has 0 aromatic carbocycles. The highest BCUT2D eigenvalue weighted by Gasteiger charge is 2.28. The molecule has 14 heavy (non-hydrogen) atoms. The molecule has 0 radical (unpaired) electrons. The van der Waals surface area contributed by atoms with Gasteiger partial charge in [0.1, 0.15) is 16.8 Å². The van der Waals surface area contributed by atoms with Crippen molar-refractivity contribution in [1.82, 2.24) is 9.97 Å². The van der Waals surface area contributed by atoms with E-state index in [1.165, 1.54) is 19.3 Å². The van der Waals surface area contributed by atoms with E-state index >= 15 is 0 Å². The minimum absolute atomic E-state index is 0.578. The molecule has 0 bridgehead atoms. The summed E-state index contributed by atoms with van der Waals surface area (Å²) in [5, 5.41) is 0.587. The number of hydrogen-bond donors (Lipinski definition) is 0. The molecule has 2 fully saturated rings. The summed E-state index contributed by atoms with van der Waals surface area (Å²) >= 11 is 5.97. The average Bonchev–Trinajstić information content (AvgIpc) is 2.80. The summed E-state index contributed by atoms with van der Waals surface area (Å²) in [6.07, 6.45) is 3.71. The Morgan fingerprint density at radius 1 is 1.29 bits per heavy atom. The highest BCUT2D eigenvalue weighted by molar-refractivity contribution is 6.29. The van der Waals surface area contributed by atoms with Crippen LogP contribution >= 0.6 is 11.6 Å². The topological polar surface area (TPSA) is 29.0 Å². The van der Waals surface area contributed by atoms with Crippen LogP contribution in [0.3, 0.4) is 0 Å². The minimum Gasteiger partial charge on any atom is -0.356 e. The van der Waals surface area contributed by atoms with Crippen LogP contribution in [0.2, 0.25) is 5.15 Å². The number of hydrogen-bond acceptors (Lipinski definition) is 3. The molecule has 1 saturated carbocycles. The fraction of sp³-hybridized carbons (Fsp3) is 0.600. The van der Waals surface area contributed by atoms with Gasteiger partial charge in [-0.05, 0) is 19.3 Å². The van der Waals surface area contributed by atoms with Gasteiger partial charge >= 0.3 is 0 Å². The van der Waals surface area contributed by atoms with Crippen molar-refractivity contribution in [2.45, 2.75) is 25.2 Å². The van der Waals surface area contributed by atoms with Crippen LogP contribution in [0.4, 0.5) is 5.82 Å². The fourth-order valence-corrected chi connectivity index (χ4v) is 1.84. The maximum Gasteiger partial charge on any atom is 0.135 e. The van der Waals surface area contributed by atoms with Gasteiger partial charge in [-0.2, -0.15) is 0 Å². The molecular weight excluding hydrogens is 198 g/mol. The lowest BCUT2D eigenvalue weighted by atomic mass is 10.2. The van der Waals surface area contributed by atoms with Gasteiger partial charge in [0.2, 0.25) is 0 Å². The maximum absolute atomic E-state index is 5.97. The summed E-state index contributed by atoms with van der Waals surface area (Å²) in [5.41, 5.74) is 0. The fourth-order valence-electron chi connectivity index (χ4n) is 1.65. The van der Waals surface area contributed by atoms with Crippen molar-refractivity contribution in [2.24, 2.45) is 0 Å². The Balaban J connectivity index is 1.93. The summed E-state index contributed by atoms with van der Waals surface area (Å²) < 4.78 is 0. The number of anilines is 1. The van der Waals surface area contributed by atoms with Gasteiger partial charge in [0.15, 0.2) is 0 Å². The van der Waals surface area contributed by atoms with E-state index < -0.39 is 0 Å². The summed E-state index contributed by atoms with van der Waals surface area (Å²) in [6, 6.07) is 1.87. The van der Waals surface area contributed by atoms with Gasteiger partial charge in [-0.25, -0.2) is 9.97 Å². The molecular formula is C10H12ClN3. The summed E-state index contributed by atoms with van der Waals surface area (Å²) in [4.78, 5) is 11.1. The first kappa shape index (κ1) is 8.48. The zero-order valence-electron chi connectivity index (χ0n) is 7.91. The van der Waals surface area contributed by atoms with Crippen molar-refractivity contribution < 1.29 is 0 Å². The molecule has 0 atom stereocenters. The first-order valence-corrected chi connectivity index (χ1v) is 5.50. The largest absolute Gasteiger partial charge is 0.356 e. The highest BCUT2D eigenvalue weighted by Crippen LogP contribution is 2.39. The Morgan fingerprint density at radius 2 is 2.07 bits per heavy atom. The second-order valence-electron chi connectivity index (χ2n) is 4.02. The van der Waals surface area contributed by atoms with Crippen molar-refractivity contribution in [3.63, 3.8) is 0 Å². The van der Waals surface area contributed by atoms with Gasteiger partial charge in [-0.15, -0.1) is 0 Å². The molecule has 0 N–H and O–H groups in total. The monoisotopic (exact) mass is 209 g/mol. The van der Waals surface area contributed by atoms with E-state index in [2.05, 4.69) is 14.9 Å². The second-order valence-corrected chi connectivity index (χ2v) is 4.41. The van der Waals surface area contributed by atoms with Gasteiger partial charge in [0, 0.05) is 25.1 Å². The standard InChI is InChI=1S/C10H12ClN3/c11-8-6-9(14-4-1-5-14)13-10(12-8)7-2-3-7/h6-7H,1-5H2. The van der Waals surface area contributed by atoms with Gasteiger partial charge in [-0.3, -0.25) is 0 Å². The third kappa shape index (κ3) is 1.46. The van der Waals surface area contributed by atoms with E-state index in [1.54, 1.807) is 0 Å². The highest BCUT2D eigenvalue weighted by atomic mass is 35.5. The number of aromatic nitrogens is 2. The summed E-state index contributed by atoms with van der Waals surface area (Å²) in [6.45, 7) is 2.22. The first-order chi connectivity index (χ1) is 6.83. The molecule has 0 unspecified atom stereocenters. The van der Waals surface area contributed by atoms with Crippen LogP contribution in [0.15, 0.2) is 6.07 Å². The van der Waals surface area contributed by atoms with E-state index in [4.69, 9.17) is 11.6 Å². The van der Waals surface area contributed by atoms with Gasteiger partial charge in [0.05, 0.1) is 0 Å². The molecule has 1 aliphatic carbocycles. The Kier molecular flexibility index (Phi) is 1.87. The molecule has 0 amide bonds. The molecule has 3 rings (SSSR count). The molecule has 1 aromatic heterocycles. The Morgan fingerprint density at radius 3 is 2.64 bits per heavy atom. The normalized spacial score (nSPS) is 20.8. The lowest BCUT2D eigenvalue weighted by Crippen LogP contribution is -2.37. The Labute approximate surface area is 88.1 Å². The summed E-state index contributed by atoms with van der Waals surface area (Å²) in [7, 11) is 0. The number of rotatable bonds is 2. The zero-order chi connectivity index (χ0) is 9.54. The quantitative estimate of drug-likeness (QED) is 0.700. The van der Waals surface area contributed by atoms with Crippen LogP contribution in [0.25, 0.3) is 0 Å². The van der Waals surface area contributed by atoms with Gasteiger partial charge in [-0.1, -0.05) is 11.6 Å². The predicted octanol–water partition coefficient (Wildman–Crippen LogP) is 2.22. The molecule has 1 saturated heterocycles. The van der Waals surface area contributed by atoms with Crippen molar-refractivity contribution in [1.29, 1.82) is 0 Å². The van der Waals surface area contributed by atoms with Gasteiger partial charge < -0.3 is 4.90 Å². The van der Waals surface area contributed by atoms with Crippen LogP contribution in [0.1, 0.15) is 31.0 Å². The van der Waals surface area contributed by atoms with Crippen LogP contribution < -0.4 is 4.90 Å². The van der Waals surface area contributed by atoms with Crippen LogP contribution in [0, 0.1) is 0 Å². The van der Waals surface area contributed by atoms with Crippen molar-refractivity contribution in [2.75, 3.05) is 18.0 Å². The van der Waals surface area contributed by atoms with Crippen molar-refractivity contribution >= 4 is 17.4 Å².